The van der Waals surface area contributed by atoms with Crippen LogP contribution in [0.3, 0.4) is 0 Å². The van der Waals surface area contributed by atoms with Crippen LogP contribution in [0.25, 0.3) is 0 Å². The Balaban J connectivity index is 1.60. The summed E-state index contributed by atoms with van der Waals surface area (Å²) in [5, 5.41) is 14.9. The van der Waals surface area contributed by atoms with E-state index < -0.39 is 5.66 Å². The van der Waals surface area contributed by atoms with Gasteiger partial charge in [-0.05, 0) is 0 Å². The van der Waals surface area contributed by atoms with Gasteiger partial charge in [0.15, 0.2) is 0 Å². The quantitative estimate of drug-likeness (QED) is 0.208. The van der Waals surface area contributed by atoms with Crippen LogP contribution in [0, 0.1) is 0 Å². The number of rotatable bonds is 6. The van der Waals surface area contributed by atoms with Crippen molar-refractivity contribution < 1.29 is 0 Å². The van der Waals surface area contributed by atoms with E-state index in [0.29, 0.717) is 0 Å². The SMILES string of the molecule is [Se]=P(Nc1ccc(N=Nc2ccccc2)cc1)(c1ccccc1)c1ccccc1. The van der Waals surface area contributed by atoms with Gasteiger partial charge in [0.25, 0.3) is 0 Å². The minimum atomic E-state index is -1.90. The van der Waals surface area contributed by atoms with E-state index in [0.717, 1.165) is 17.1 Å². The summed E-state index contributed by atoms with van der Waals surface area (Å²) in [6.07, 6.45) is 0. The van der Waals surface area contributed by atoms with Crippen LogP contribution in [-0.2, 0) is 0 Å². The van der Waals surface area contributed by atoms with Gasteiger partial charge >= 0.3 is 179 Å². The first-order valence-corrected chi connectivity index (χ1v) is 13.3. The molecule has 0 aliphatic rings. The summed E-state index contributed by atoms with van der Waals surface area (Å²) in [7, 11) is 0. The Bertz CT molecular complexity index is 1090. The fourth-order valence-electron chi connectivity index (χ4n) is 2.95. The van der Waals surface area contributed by atoms with Gasteiger partial charge in [-0.3, -0.25) is 0 Å². The standard InChI is InChI=1S/C24H20N3PSe/c29-28(23-12-6-2-7-13-23,24-14-8-3-9-15-24)27-22-18-16-21(17-19-22)26-25-20-10-4-1-5-11-20/h1-19H,(H,27,29). The normalized spacial score (nSPS) is 11.4. The van der Waals surface area contributed by atoms with Crippen LogP contribution in [0.5, 0.6) is 0 Å². The van der Waals surface area contributed by atoms with Crippen LogP contribution < -0.4 is 15.7 Å². The second-order valence-corrected chi connectivity index (χ2v) is 12.4. The second kappa shape index (κ2) is 9.15. The Morgan fingerprint density at radius 2 is 0.931 bits per heavy atom. The number of hydrogen-bond donors (Lipinski definition) is 1. The molecule has 5 heteroatoms. The van der Waals surface area contributed by atoms with E-state index in [4.69, 9.17) is 0 Å². The molecule has 0 radical (unpaired) electrons. The average molecular weight is 460 g/mol. The molecule has 0 aliphatic carbocycles. The topological polar surface area (TPSA) is 36.8 Å². The Morgan fingerprint density at radius 1 is 0.517 bits per heavy atom. The van der Waals surface area contributed by atoms with E-state index in [1.54, 1.807) is 0 Å². The first kappa shape index (κ1) is 19.5. The van der Waals surface area contributed by atoms with Crippen LogP contribution in [0.15, 0.2) is 125 Å². The summed E-state index contributed by atoms with van der Waals surface area (Å²) in [6.45, 7) is 0. The van der Waals surface area contributed by atoms with Crippen LogP contribution in [0.2, 0.25) is 0 Å². The molecule has 4 aromatic carbocycles. The van der Waals surface area contributed by atoms with Gasteiger partial charge in [0.05, 0.1) is 0 Å². The van der Waals surface area contributed by atoms with E-state index in [1.165, 1.54) is 10.6 Å². The number of nitrogens with zero attached hydrogens (tertiary/aromatic N) is 2. The number of hydrogen-bond acceptors (Lipinski definition) is 3. The predicted molar refractivity (Wildman–Crippen MR) is 126 cm³/mol. The van der Waals surface area contributed by atoms with Crippen LogP contribution in [0.4, 0.5) is 17.1 Å². The molecule has 3 nitrogen and oxygen atoms in total. The maximum absolute atomic E-state index is 4.33. The monoisotopic (exact) mass is 461 g/mol. The van der Waals surface area contributed by atoms with Gasteiger partial charge in [0, 0.05) is 0 Å². The van der Waals surface area contributed by atoms with Crippen molar-refractivity contribution in [2.45, 2.75) is 0 Å². The van der Waals surface area contributed by atoms with Gasteiger partial charge in [-0.1, -0.05) is 0 Å². The molecule has 0 bridgehead atoms. The van der Waals surface area contributed by atoms with Gasteiger partial charge in [-0.25, -0.2) is 0 Å². The van der Waals surface area contributed by atoms with Crippen LogP contribution in [-0.4, -0.2) is 15.1 Å². The van der Waals surface area contributed by atoms with Gasteiger partial charge < -0.3 is 0 Å². The molecule has 4 aromatic rings. The summed E-state index contributed by atoms with van der Waals surface area (Å²) in [4.78, 5) is 0. The van der Waals surface area contributed by atoms with E-state index in [1.807, 2.05) is 54.6 Å². The molecular formula is C24H20N3PSe. The van der Waals surface area contributed by atoms with Crippen molar-refractivity contribution in [3.63, 3.8) is 0 Å². The number of benzene rings is 4. The molecule has 0 spiro atoms. The van der Waals surface area contributed by atoms with E-state index >= 15 is 0 Å². The van der Waals surface area contributed by atoms with Gasteiger partial charge in [-0.15, -0.1) is 0 Å². The summed E-state index contributed by atoms with van der Waals surface area (Å²) in [5.74, 6) is 0. The van der Waals surface area contributed by atoms with Crippen LogP contribution in [0.1, 0.15) is 0 Å². The predicted octanol–water partition coefficient (Wildman–Crippen LogP) is 6.18. The Morgan fingerprint density at radius 3 is 1.41 bits per heavy atom. The molecule has 0 aromatic heterocycles. The minimum absolute atomic E-state index is 0.822. The molecule has 142 valence electrons. The molecule has 0 saturated carbocycles. The summed E-state index contributed by atoms with van der Waals surface area (Å²) < 4.78 is 0. The third kappa shape index (κ3) is 4.80. The summed E-state index contributed by atoms with van der Waals surface area (Å²) >= 11 is 3.49. The first-order chi connectivity index (χ1) is 14.2. The first-order valence-electron chi connectivity index (χ1n) is 9.30. The molecule has 1 N–H and O–H groups in total. The zero-order valence-electron chi connectivity index (χ0n) is 15.7. The fourth-order valence-corrected chi connectivity index (χ4v) is 7.40. The van der Waals surface area contributed by atoms with Crippen molar-refractivity contribution in [3.8, 4) is 0 Å². The number of nitrogens with one attached hydrogen (secondary N) is 1. The van der Waals surface area contributed by atoms with E-state index in [2.05, 4.69) is 91.1 Å². The van der Waals surface area contributed by atoms with Crippen molar-refractivity contribution in [3.05, 3.63) is 115 Å². The van der Waals surface area contributed by atoms with Gasteiger partial charge in [-0.2, -0.15) is 0 Å². The molecule has 0 atom stereocenters. The molecule has 0 heterocycles. The van der Waals surface area contributed by atoms with E-state index in [9.17, 15) is 0 Å². The molecule has 29 heavy (non-hydrogen) atoms. The molecule has 0 unspecified atom stereocenters. The van der Waals surface area contributed by atoms with Crippen molar-refractivity contribution in [2.24, 2.45) is 10.2 Å². The molecule has 0 amide bonds. The van der Waals surface area contributed by atoms with Crippen molar-refractivity contribution in [2.75, 3.05) is 5.09 Å². The molecule has 0 saturated heterocycles. The van der Waals surface area contributed by atoms with Crippen LogP contribution >= 0.6 is 5.66 Å². The number of azo groups is 1. The van der Waals surface area contributed by atoms with Gasteiger partial charge in [0.1, 0.15) is 0 Å². The molecule has 4 rings (SSSR count). The van der Waals surface area contributed by atoms with Crippen molar-refractivity contribution in [1.82, 2.24) is 0 Å². The van der Waals surface area contributed by atoms with Crippen molar-refractivity contribution >= 4 is 48.4 Å². The third-order valence-electron chi connectivity index (χ3n) is 4.43. The average Bonchev–Trinajstić information content (AvgIpc) is 2.80. The number of anilines is 1. The van der Waals surface area contributed by atoms with Crippen molar-refractivity contribution in [1.29, 1.82) is 0 Å². The van der Waals surface area contributed by atoms with Gasteiger partial charge in [0.2, 0.25) is 0 Å². The molecular weight excluding hydrogens is 440 g/mol. The zero-order chi connectivity index (χ0) is 19.9. The summed E-state index contributed by atoms with van der Waals surface area (Å²) in [6, 6.07) is 38.9. The Kier molecular flexibility index (Phi) is 6.17. The Hall–Kier alpha value is -2.77. The third-order valence-corrected chi connectivity index (χ3v) is 10.3. The fraction of sp³-hybridized carbons (Fsp3) is 0. The second-order valence-electron chi connectivity index (χ2n) is 6.47. The molecule has 0 aliphatic heterocycles. The molecule has 0 fully saturated rings. The van der Waals surface area contributed by atoms with E-state index in [-0.39, 0.29) is 0 Å². The Labute approximate surface area is 178 Å². The zero-order valence-corrected chi connectivity index (χ0v) is 18.3. The maximum atomic E-state index is 4.33. The summed E-state index contributed by atoms with van der Waals surface area (Å²) in [5.41, 5.74) is 0.807.